The van der Waals surface area contributed by atoms with Crippen molar-refractivity contribution < 1.29 is 24.2 Å². The van der Waals surface area contributed by atoms with Crippen LogP contribution >= 0.6 is 11.8 Å². The normalized spacial score (nSPS) is 26.2. The van der Waals surface area contributed by atoms with Gasteiger partial charge < -0.3 is 20.9 Å². The molecule has 1 fully saturated rings. The highest BCUT2D eigenvalue weighted by Crippen LogP contribution is 2.43. The minimum absolute atomic E-state index is 0.0540. The number of ether oxygens (including phenoxy) is 1. The van der Waals surface area contributed by atoms with Crippen LogP contribution in [0, 0.1) is 5.92 Å². The molecule has 1 aliphatic rings. The summed E-state index contributed by atoms with van der Waals surface area (Å²) in [6, 6.07) is -2.03. The number of nitrogens with one attached hydrogen (secondary N) is 1. The van der Waals surface area contributed by atoms with E-state index in [0.717, 1.165) is 19.3 Å². The number of hydrogen-bond donors (Lipinski definition) is 3. The highest BCUT2D eigenvalue weighted by molar-refractivity contribution is 8.00. The fourth-order valence-electron chi connectivity index (χ4n) is 2.84. The Kier molecular flexibility index (Phi) is 8.02. The Labute approximate surface area is 147 Å². The Bertz CT molecular complexity index is 473. The average Bonchev–Trinajstić information content (AvgIpc) is 2.52. The van der Waals surface area contributed by atoms with Gasteiger partial charge in [0.1, 0.15) is 6.04 Å². The quantitative estimate of drug-likeness (QED) is 0.556. The van der Waals surface area contributed by atoms with Crippen LogP contribution < -0.4 is 11.1 Å². The second-order valence-corrected chi connectivity index (χ2v) is 8.11. The molecule has 138 valence electrons. The lowest BCUT2D eigenvalue weighted by atomic mass is 9.81. The third-order valence-electron chi connectivity index (χ3n) is 4.72. The summed E-state index contributed by atoms with van der Waals surface area (Å²) >= 11 is 1.65. The lowest BCUT2D eigenvalue weighted by Gasteiger charge is -2.40. The van der Waals surface area contributed by atoms with Crippen molar-refractivity contribution in [2.24, 2.45) is 11.7 Å². The molecule has 0 spiro atoms. The van der Waals surface area contributed by atoms with Gasteiger partial charge in [-0.2, -0.15) is 11.8 Å². The van der Waals surface area contributed by atoms with Crippen molar-refractivity contribution in [3.8, 4) is 0 Å². The smallest absolute Gasteiger partial charge is 0.329 e. The van der Waals surface area contributed by atoms with Gasteiger partial charge in [-0.1, -0.05) is 26.7 Å². The van der Waals surface area contributed by atoms with Crippen LogP contribution in [0.4, 0.5) is 0 Å². The molecule has 0 bridgehead atoms. The molecule has 0 radical (unpaired) electrons. The van der Waals surface area contributed by atoms with Crippen molar-refractivity contribution >= 4 is 29.6 Å². The summed E-state index contributed by atoms with van der Waals surface area (Å²) in [6.45, 7) is 4.40. The summed E-state index contributed by atoms with van der Waals surface area (Å²) in [5.41, 5.74) is 5.54. The summed E-state index contributed by atoms with van der Waals surface area (Å²) in [4.78, 5) is 34.6. The Hall–Kier alpha value is -1.28. The van der Waals surface area contributed by atoms with Crippen molar-refractivity contribution in [2.75, 3.05) is 12.9 Å². The number of amides is 1. The third-order valence-corrected chi connectivity index (χ3v) is 6.48. The summed E-state index contributed by atoms with van der Waals surface area (Å²) in [5.74, 6) is -1.47. The van der Waals surface area contributed by atoms with Crippen LogP contribution in [0.1, 0.15) is 46.0 Å². The van der Waals surface area contributed by atoms with Gasteiger partial charge in [0.25, 0.3) is 0 Å². The molecular weight excluding hydrogens is 332 g/mol. The van der Waals surface area contributed by atoms with Crippen LogP contribution in [0.3, 0.4) is 0 Å². The molecule has 1 saturated carbocycles. The van der Waals surface area contributed by atoms with Gasteiger partial charge in [0, 0.05) is 10.5 Å². The highest BCUT2D eigenvalue weighted by Gasteiger charge is 2.36. The zero-order chi connectivity index (χ0) is 18.3. The van der Waals surface area contributed by atoms with Crippen molar-refractivity contribution in [2.45, 2.75) is 62.8 Å². The lowest BCUT2D eigenvalue weighted by molar-refractivity contribution is -0.144. The molecule has 8 heteroatoms. The number of thioether (sulfide) groups is 1. The molecule has 0 aromatic rings. The summed E-state index contributed by atoms with van der Waals surface area (Å²) in [7, 11) is 1.26. The monoisotopic (exact) mass is 360 g/mol. The van der Waals surface area contributed by atoms with Gasteiger partial charge in [0.2, 0.25) is 5.91 Å². The number of carboxylic acid groups (broad SMARTS) is 1. The van der Waals surface area contributed by atoms with E-state index in [1.165, 1.54) is 13.5 Å². The molecule has 0 heterocycles. The Morgan fingerprint density at radius 2 is 2.08 bits per heavy atom. The maximum absolute atomic E-state index is 12.0. The van der Waals surface area contributed by atoms with Gasteiger partial charge in [0.05, 0.1) is 19.6 Å². The summed E-state index contributed by atoms with van der Waals surface area (Å²) in [6.07, 6.45) is 4.12. The van der Waals surface area contributed by atoms with Crippen LogP contribution in [-0.2, 0) is 19.1 Å². The van der Waals surface area contributed by atoms with Crippen LogP contribution in [-0.4, -0.2) is 52.6 Å². The number of methoxy groups -OCH3 is 1. The molecule has 2 unspecified atom stereocenters. The largest absolute Gasteiger partial charge is 0.481 e. The topological polar surface area (TPSA) is 119 Å². The SMILES string of the molecule is COC(=O)[C@H](CSC1(C)CCCCC1C)NC(=O)[C@@H](N)CC(=O)O. The van der Waals surface area contributed by atoms with Gasteiger partial charge in [-0.25, -0.2) is 4.79 Å². The fraction of sp³-hybridized carbons (Fsp3) is 0.812. The first-order valence-corrected chi connectivity index (χ1v) is 9.17. The van der Waals surface area contributed by atoms with E-state index >= 15 is 0 Å². The first kappa shape index (κ1) is 20.8. The number of carboxylic acids is 1. The number of rotatable bonds is 8. The van der Waals surface area contributed by atoms with Crippen molar-refractivity contribution in [1.82, 2.24) is 5.32 Å². The molecule has 0 aromatic heterocycles. The van der Waals surface area contributed by atoms with Gasteiger partial charge >= 0.3 is 11.9 Å². The number of hydrogen-bond acceptors (Lipinski definition) is 6. The second-order valence-electron chi connectivity index (χ2n) is 6.56. The number of carbonyl (C=O) groups is 3. The predicted octanol–water partition coefficient (Wildman–Crippen LogP) is 1.15. The van der Waals surface area contributed by atoms with E-state index in [4.69, 9.17) is 15.6 Å². The van der Waals surface area contributed by atoms with E-state index in [2.05, 4.69) is 19.2 Å². The summed E-state index contributed by atoms with van der Waals surface area (Å²) in [5, 5.41) is 11.2. The lowest BCUT2D eigenvalue weighted by Crippen LogP contribution is -2.51. The Balaban J connectivity index is 2.67. The minimum Gasteiger partial charge on any atom is -0.481 e. The van der Waals surface area contributed by atoms with Crippen molar-refractivity contribution in [3.05, 3.63) is 0 Å². The molecule has 4 N–H and O–H groups in total. The number of nitrogens with two attached hydrogens (primary N) is 1. The Morgan fingerprint density at radius 1 is 1.42 bits per heavy atom. The number of aliphatic carboxylic acids is 1. The van der Waals surface area contributed by atoms with Gasteiger partial charge in [-0.3, -0.25) is 9.59 Å². The standard InChI is InChI=1S/C16H28N2O5S/c1-10-6-4-5-7-16(10,2)24-9-12(15(22)23-3)18-14(21)11(17)8-13(19)20/h10-12H,4-9,17H2,1-3H3,(H,18,21)(H,19,20)/t10?,11-,12-,16?/m0/s1. The molecule has 0 saturated heterocycles. The number of esters is 1. The molecule has 1 amide bonds. The maximum Gasteiger partial charge on any atom is 0.329 e. The fourth-order valence-corrected chi connectivity index (χ4v) is 4.29. The summed E-state index contributed by atoms with van der Waals surface area (Å²) < 4.78 is 4.80. The van der Waals surface area contributed by atoms with Gasteiger partial charge in [-0.15, -0.1) is 0 Å². The van der Waals surface area contributed by atoms with Crippen LogP contribution in [0.5, 0.6) is 0 Å². The molecule has 24 heavy (non-hydrogen) atoms. The van der Waals surface area contributed by atoms with Crippen molar-refractivity contribution in [3.63, 3.8) is 0 Å². The van der Waals surface area contributed by atoms with E-state index in [-0.39, 0.29) is 4.75 Å². The van der Waals surface area contributed by atoms with Crippen LogP contribution in [0.25, 0.3) is 0 Å². The first-order chi connectivity index (χ1) is 11.2. The zero-order valence-electron chi connectivity index (χ0n) is 14.5. The molecule has 1 aliphatic carbocycles. The van der Waals surface area contributed by atoms with E-state index in [9.17, 15) is 14.4 Å². The molecule has 4 atom stereocenters. The first-order valence-electron chi connectivity index (χ1n) is 8.19. The minimum atomic E-state index is -1.19. The molecule has 7 nitrogen and oxygen atoms in total. The van der Waals surface area contributed by atoms with E-state index in [1.807, 2.05) is 0 Å². The van der Waals surface area contributed by atoms with E-state index in [1.54, 1.807) is 11.8 Å². The van der Waals surface area contributed by atoms with Crippen LogP contribution in [0.15, 0.2) is 0 Å². The third kappa shape index (κ3) is 5.98. The predicted molar refractivity (Wildman–Crippen MR) is 92.7 cm³/mol. The molecular formula is C16H28N2O5S. The van der Waals surface area contributed by atoms with E-state index < -0.39 is 36.4 Å². The van der Waals surface area contributed by atoms with Crippen LogP contribution in [0.2, 0.25) is 0 Å². The molecule has 0 aromatic carbocycles. The maximum atomic E-state index is 12.0. The molecule has 0 aliphatic heterocycles. The average molecular weight is 360 g/mol. The second kappa shape index (κ2) is 9.27. The van der Waals surface area contributed by atoms with Gasteiger partial charge in [-0.05, 0) is 18.8 Å². The Morgan fingerprint density at radius 3 is 2.62 bits per heavy atom. The van der Waals surface area contributed by atoms with E-state index in [0.29, 0.717) is 11.7 Å². The molecule has 1 rings (SSSR count). The van der Waals surface area contributed by atoms with Crippen molar-refractivity contribution in [1.29, 1.82) is 0 Å². The van der Waals surface area contributed by atoms with Gasteiger partial charge in [0.15, 0.2) is 0 Å². The highest BCUT2D eigenvalue weighted by atomic mass is 32.2. The zero-order valence-corrected chi connectivity index (χ0v) is 15.4. The number of carbonyl (C=O) groups excluding carboxylic acids is 2.